The summed E-state index contributed by atoms with van der Waals surface area (Å²) < 4.78 is 1.66. The Morgan fingerprint density at radius 2 is 1.96 bits per heavy atom. The Morgan fingerprint density at radius 3 is 2.73 bits per heavy atom. The topological polar surface area (TPSA) is 72.7 Å². The second-order valence-corrected chi connectivity index (χ2v) is 7.55. The minimum atomic E-state index is -0.425. The van der Waals surface area contributed by atoms with Crippen molar-refractivity contribution < 1.29 is 4.79 Å². The molecule has 1 heterocycles. The van der Waals surface area contributed by atoms with Crippen molar-refractivity contribution in [1.29, 1.82) is 0 Å². The van der Waals surface area contributed by atoms with Gasteiger partial charge in [0.25, 0.3) is 0 Å². The van der Waals surface area contributed by atoms with Crippen LogP contribution in [0.2, 0.25) is 10.0 Å². The fourth-order valence-corrected chi connectivity index (χ4v) is 3.32. The van der Waals surface area contributed by atoms with Crippen LogP contribution in [0.15, 0.2) is 53.7 Å². The Morgan fingerprint density at radius 1 is 1.19 bits per heavy atom. The van der Waals surface area contributed by atoms with E-state index in [-0.39, 0.29) is 5.91 Å². The molecule has 0 bridgehead atoms. The average Bonchev–Trinajstić information content (AvgIpc) is 3.06. The van der Waals surface area contributed by atoms with E-state index in [1.165, 1.54) is 11.8 Å². The van der Waals surface area contributed by atoms with Crippen molar-refractivity contribution in [2.45, 2.75) is 23.9 Å². The van der Waals surface area contributed by atoms with Gasteiger partial charge in [-0.2, -0.15) is 0 Å². The second-order valence-electron chi connectivity index (χ2n) is 5.46. The first-order valence-corrected chi connectivity index (χ1v) is 9.40. The smallest absolute Gasteiger partial charge is 0.237 e. The number of nitrogens with one attached hydrogen (secondary N) is 1. The largest absolute Gasteiger partial charge is 0.324 e. The molecule has 9 heteroatoms. The number of aromatic nitrogens is 4. The highest BCUT2D eigenvalue weighted by atomic mass is 35.5. The number of amides is 1. The predicted octanol–water partition coefficient (Wildman–Crippen LogP) is 4.15. The highest BCUT2D eigenvalue weighted by Gasteiger charge is 2.20. The lowest BCUT2D eigenvalue weighted by Gasteiger charge is -2.13. The molecule has 0 radical (unpaired) electrons. The minimum absolute atomic E-state index is 0.214. The van der Waals surface area contributed by atoms with Gasteiger partial charge in [0, 0.05) is 0 Å². The van der Waals surface area contributed by atoms with E-state index < -0.39 is 5.25 Å². The van der Waals surface area contributed by atoms with Gasteiger partial charge in [-0.05, 0) is 35.0 Å². The van der Waals surface area contributed by atoms with Crippen LogP contribution in [0.25, 0.3) is 0 Å². The van der Waals surface area contributed by atoms with Gasteiger partial charge in [0.2, 0.25) is 11.1 Å². The van der Waals surface area contributed by atoms with Crippen molar-refractivity contribution in [3.63, 3.8) is 0 Å². The van der Waals surface area contributed by atoms with Crippen molar-refractivity contribution in [3.05, 3.63) is 64.1 Å². The maximum Gasteiger partial charge on any atom is 0.237 e. The lowest BCUT2D eigenvalue weighted by Crippen LogP contribution is -2.23. The van der Waals surface area contributed by atoms with Crippen LogP contribution in [0.4, 0.5) is 5.69 Å². The zero-order valence-electron chi connectivity index (χ0n) is 13.8. The minimum Gasteiger partial charge on any atom is -0.324 e. The number of thioether (sulfide) groups is 1. The van der Waals surface area contributed by atoms with Crippen LogP contribution in [-0.4, -0.2) is 31.4 Å². The van der Waals surface area contributed by atoms with Gasteiger partial charge in [-0.15, -0.1) is 5.10 Å². The Kier molecular flexibility index (Phi) is 6.13. The number of anilines is 1. The summed E-state index contributed by atoms with van der Waals surface area (Å²) in [6, 6.07) is 14.9. The monoisotopic (exact) mass is 407 g/mol. The average molecular weight is 408 g/mol. The van der Waals surface area contributed by atoms with Crippen molar-refractivity contribution in [2.75, 3.05) is 5.32 Å². The van der Waals surface area contributed by atoms with Gasteiger partial charge in [0.15, 0.2) is 0 Å². The molecule has 1 amide bonds. The van der Waals surface area contributed by atoms with Crippen LogP contribution < -0.4 is 5.32 Å². The number of carbonyl (C=O) groups excluding carboxylic acids is 1. The van der Waals surface area contributed by atoms with E-state index in [2.05, 4.69) is 20.8 Å². The van der Waals surface area contributed by atoms with Gasteiger partial charge < -0.3 is 5.32 Å². The molecule has 0 saturated heterocycles. The van der Waals surface area contributed by atoms with Crippen LogP contribution in [0.3, 0.4) is 0 Å². The van der Waals surface area contributed by atoms with E-state index in [9.17, 15) is 4.79 Å². The maximum atomic E-state index is 12.5. The molecule has 26 heavy (non-hydrogen) atoms. The van der Waals surface area contributed by atoms with Crippen LogP contribution in [0.1, 0.15) is 12.5 Å². The molecule has 0 aliphatic rings. The molecule has 0 aliphatic heterocycles. The summed E-state index contributed by atoms with van der Waals surface area (Å²) in [6.45, 7) is 2.31. The lowest BCUT2D eigenvalue weighted by atomic mass is 10.2. The van der Waals surface area contributed by atoms with Crippen LogP contribution >= 0.6 is 35.0 Å². The van der Waals surface area contributed by atoms with E-state index in [1.54, 1.807) is 29.8 Å². The molecule has 3 aromatic rings. The number of tetrazole rings is 1. The fourth-order valence-electron chi connectivity index (χ4n) is 2.18. The molecule has 1 unspecified atom stereocenters. The molecule has 0 fully saturated rings. The van der Waals surface area contributed by atoms with Gasteiger partial charge in [-0.25, -0.2) is 4.68 Å². The predicted molar refractivity (Wildman–Crippen MR) is 104 cm³/mol. The normalized spacial score (nSPS) is 12.0. The molecular weight excluding hydrogens is 393 g/mol. The van der Waals surface area contributed by atoms with Gasteiger partial charge >= 0.3 is 0 Å². The number of carbonyl (C=O) groups is 1. The third-order valence-electron chi connectivity index (χ3n) is 3.54. The number of nitrogens with zero attached hydrogens (tertiary/aromatic N) is 4. The molecule has 0 spiro atoms. The third-order valence-corrected chi connectivity index (χ3v) is 5.42. The molecule has 0 aliphatic carbocycles. The zero-order valence-corrected chi connectivity index (χ0v) is 16.1. The Labute approximate surface area is 164 Å². The van der Waals surface area contributed by atoms with Gasteiger partial charge in [0.1, 0.15) is 0 Å². The van der Waals surface area contributed by atoms with Crippen LogP contribution in [0, 0.1) is 0 Å². The molecule has 134 valence electrons. The van der Waals surface area contributed by atoms with Gasteiger partial charge in [-0.3, -0.25) is 4.79 Å². The molecular formula is C17H15Cl2N5OS. The van der Waals surface area contributed by atoms with E-state index in [0.717, 1.165) is 5.56 Å². The molecule has 2 aromatic carbocycles. The van der Waals surface area contributed by atoms with Crippen LogP contribution in [-0.2, 0) is 11.3 Å². The molecule has 6 nitrogen and oxygen atoms in total. The first kappa shape index (κ1) is 18.7. The standard InChI is InChI=1S/C17H15Cl2N5OS/c1-11(16(25)20-14-9-5-8-13(18)15(14)19)26-17-21-22-23-24(17)10-12-6-3-2-4-7-12/h2-9,11H,10H2,1H3,(H,20,25). The molecule has 1 N–H and O–H groups in total. The molecule has 0 saturated carbocycles. The summed E-state index contributed by atoms with van der Waals surface area (Å²) in [6.07, 6.45) is 0. The summed E-state index contributed by atoms with van der Waals surface area (Å²) in [5, 5.41) is 15.3. The van der Waals surface area contributed by atoms with E-state index in [0.29, 0.717) is 27.4 Å². The van der Waals surface area contributed by atoms with E-state index in [4.69, 9.17) is 23.2 Å². The molecule has 3 rings (SSSR count). The quantitative estimate of drug-likeness (QED) is 0.621. The van der Waals surface area contributed by atoms with E-state index >= 15 is 0 Å². The first-order chi connectivity index (χ1) is 12.5. The molecule has 1 atom stereocenters. The first-order valence-electron chi connectivity index (χ1n) is 7.76. The van der Waals surface area contributed by atoms with Crippen molar-refractivity contribution in [3.8, 4) is 0 Å². The lowest BCUT2D eigenvalue weighted by molar-refractivity contribution is -0.115. The number of rotatable bonds is 6. The zero-order chi connectivity index (χ0) is 18.5. The molecule has 1 aromatic heterocycles. The number of benzene rings is 2. The summed E-state index contributed by atoms with van der Waals surface area (Å²) >= 11 is 13.4. The SMILES string of the molecule is CC(Sc1nnnn1Cc1ccccc1)C(=O)Nc1cccc(Cl)c1Cl. The van der Waals surface area contributed by atoms with Gasteiger partial charge in [0.05, 0.1) is 27.5 Å². The Balaban J connectivity index is 1.66. The summed E-state index contributed by atoms with van der Waals surface area (Å²) in [5.41, 5.74) is 1.55. The van der Waals surface area contributed by atoms with Crippen molar-refractivity contribution in [2.24, 2.45) is 0 Å². The maximum absolute atomic E-state index is 12.5. The summed E-state index contributed by atoms with van der Waals surface area (Å²) in [4.78, 5) is 12.5. The van der Waals surface area contributed by atoms with Gasteiger partial charge in [-0.1, -0.05) is 71.4 Å². The third kappa shape index (κ3) is 4.55. The Hall–Kier alpha value is -2.09. The highest BCUT2D eigenvalue weighted by Crippen LogP contribution is 2.30. The summed E-state index contributed by atoms with van der Waals surface area (Å²) in [5.74, 6) is -0.214. The summed E-state index contributed by atoms with van der Waals surface area (Å²) in [7, 11) is 0. The van der Waals surface area contributed by atoms with Crippen molar-refractivity contribution >= 4 is 46.6 Å². The highest BCUT2D eigenvalue weighted by molar-refractivity contribution is 8.00. The van der Waals surface area contributed by atoms with Crippen molar-refractivity contribution in [1.82, 2.24) is 20.2 Å². The van der Waals surface area contributed by atoms with E-state index in [1.807, 2.05) is 30.3 Å². The Bertz CT molecular complexity index is 903. The number of halogens is 2. The second kappa shape index (κ2) is 8.53. The van der Waals surface area contributed by atoms with Crippen LogP contribution in [0.5, 0.6) is 0 Å². The number of hydrogen-bond acceptors (Lipinski definition) is 5. The fraction of sp³-hybridized carbons (Fsp3) is 0.176. The number of hydrogen-bond donors (Lipinski definition) is 1.